The molecule has 5 aromatic heterocycles. The van der Waals surface area contributed by atoms with Crippen LogP contribution in [0.4, 0.5) is 68.2 Å². The highest BCUT2D eigenvalue weighted by Crippen LogP contribution is 2.60. The lowest BCUT2D eigenvalue weighted by molar-refractivity contribution is 0.769. The van der Waals surface area contributed by atoms with Gasteiger partial charge in [0.15, 0.2) is 0 Å². The van der Waals surface area contributed by atoms with Gasteiger partial charge in [0.1, 0.15) is 0 Å². The molecule has 9 heterocycles. The van der Waals surface area contributed by atoms with Gasteiger partial charge in [-0.05, 0) is 192 Å². The van der Waals surface area contributed by atoms with Gasteiger partial charge in [-0.1, -0.05) is 279 Å². The van der Waals surface area contributed by atoms with Crippen LogP contribution in [0.5, 0.6) is 0 Å². The topological polar surface area (TPSA) is 21.8 Å². The van der Waals surface area contributed by atoms with Crippen LogP contribution in [0, 0.1) is 0 Å². The standard InChI is InChI=1S/C109H64B2N6S/c1-5-25-67(26-6-1)109(68-27-7-2-8-28-68)83-41-17-13-36-81(83)97-84(109)59-63-94-101(97)110-85-61-64-89-98(82-40-22-38-77-73-33-14-18-42-87(73)116(89)104(77)82)106(85)114(69-29-9-3-10-30-69)92-46-23-44-90(99(92)110)112(94)71-53-49-65(50-54-71)66-51-55-72(56-52-66)113-91-45-24-47-93-100(91)111(102-95(113)62-58-80-75-35-16-20-48-96(75)118-108(80)102)86-60-57-79-78-39-21-37-76-74-34-15-19-43-88(74)117(103(76)78)105(79)107(86)115(93)70-31-11-4-12-32-70/h1-64H. The summed E-state index contributed by atoms with van der Waals surface area (Å²) in [6.07, 6.45) is 0. The fourth-order valence-electron chi connectivity index (χ4n) is 23.0. The van der Waals surface area contributed by atoms with Crippen molar-refractivity contribution in [1.82, 2.24) is 8.80 Å². The molecule has 5 aliphatic rings. The Bertz CT molecular complexity index is 8240. The number of benzene rings is 18. The zero-order chi connectivity index (χ0) is 76.5. The molecule has 118 heavy (non-hydrogen) atoms. The third-order valence-corrected chi connectivity index (χ3v) is 28.6. The fraction of sp³-hybridized carbons (Fsp3) is 0.00917. The molecule has 1 aliphatic carbocycles. The summed E-state index contributed by atoms with van der Waals surface area (Å²) in [4.78, 5) is 10.4. The normalized spacial score (nSPS) is 14.1. The summed E-state index contributed by atoms with van der Waals surface area (Å²) >= 11 is 1.94. The fourth-order valence-corrected chi connectivity index (χ4v) is 24.3. The van der Waals surface area contributed by atoms with E-state index in [0.717, 1.165) is 33.9 Å². The molecule has 0 atom stereocenters. The van der Waals surface area contributed by atoms with Crippen molar-refractivity contribution in [3.8, 4) is 22.3 Å². The lowest BCUT2D eigenvalue weighted by Crippen LogP contribution is -2.62. The van der Waals surface area contributed by atoms with E-state index in [9.17, 15) is 0 Å². The van der Waals surface area contributed by atoms with Crippen LogP contribution in [0.1, 0.15) is 22.3 Å². The lowest BCUT2D eigenvalue weighted by atomic mass is 9.32. The first-order valence-electron chi connectivity index (χ1n) is 41.1. The van der Waals surface area contributed by atoms with E-state index >= 15 is 0 Å². The van der Waals surface area contributed by atoms with Crippen LogP contribution in [0.25, 0.3) is 119 Å². The minimum absolute atomic E-state index is 0.0909. The van der Waals surface area contributed by atoms with E-state index in [1.807, 2.05) is 11.3 Å². The van der Waals surface area contributed by atoms with Crippen LogP contribution in [0.3, 0.4) is 0 Å². The largest absolute Gasteiger partial charge is 0.311 e. The maximum atomic E-state index is 2.61. The Kier molecular flexibility index (Phi) is 12.5. The van der Waals surface area contributed by atoms with Gasteiger partial charge in [0.25, 0.3) is 13.4 Å². The first-order valence-corrected chi connectivity index (χ1v) is 41.9. The van der Waals surface area contributed by atoms with Crippen LogP contribution >= 0.6 is 11.3 Å². The van der Waals surface area contributed by atoms with Gasteiger partial charge in [-0.2, -0.15) is 0 Å². The highest BCUT2D eigenvalue weighted by atomic mass is 32.1. The van der Waals surface area contributed by atoms with Crippen molar-refractivity contribution < 1.29 is 0 Å². The van der Waals surface area contributed by atoms with Gasteiger partial charge < -0.3 is 28.4 Å². The number of thiophene rings is 1. The molecule has 0 saturated carbocycles. The van der Waals surface area contributed by atoms with E-state index in [0.29, 0.717) is 0 Å². The molecule has 0 fully saturated rings. The van der Waals surface area contributed by atoms with Crippen LogP contribution < -0.4 is 52.4 Å². The van der Waals surface area contributed by atoms with Crippen molar-refractivity contribution in [1.29, 1.82) is 0 Å². The molecule has 0 N–H and O–H groups in total. The second-order valence-electron chi connectivity index (χ2n) is 32.7. The Morgan fingerprint density at radius 1 is 0.246 bits per heavy atom. The highest BCUT2D eigenvalue weighted by Gasteiger charge is 2.53. The van der Waals surface area contributed by atoms with Gasteiger partial charge in [0, 0.05) is 115 Å². The Morgan fingerprint density at radius 3 is 1.31 bits per heavy atom. The Hall–Kier alpha value is -14.9. The van der Waals surface area contributed by atoms with Gasteiger partial charge in [0.2, 0.25) is 0 Å². The molecule has 4 aliphatic heterocycles. The molecular formula is C109H64B2N6S. The molecule has 0 amide bonds. The van der Waals surface area contributed by atoms with Crippen LogP contribution in [-0.4, -0.2) is 22.2 Å². The summed E-state index contributed by atoms with van der Waals surface area (Å²) in [6, 6.07) is 148. The Balaban J connectivity index is 0.632. The molecule has 6 nitrogen and oxygen atoms in total. The smallest absolute Gasteiger partial charge is 0.254 e. The van der Waals surface area contributed by atoms with Crippen molar-refractivity contribution in [3.05, 3.63) is 411 Å². The van der Waals surface area contributed by atoms with Crippen LogP contribution in [-0.2, 0) is 5.41 Å². The maximum absolute atomic E-state index is 2.61. The van der Waals surface area contributed by atoms with Crippen molar-refractivity contribution >= 4 is 222 Å². The minimum Gasteiger partial charge on any atom is -0.311 e. The molecule has 542 valence electrons. The average molecular weight is 1510 g/mol. The van der Waals surface area contributed by atoms with E-state index in [1.54, 1.807) is 0 Å². The molecule has 9 heteroatoms. The number of hydrogen-bond donors (Lipinski definition) is 0. The number of fused-ring (bicyclic) bond motifs is 30. The molecule has 0 spiro atoms. The summed E-state index contributed by atoms with van der Waals surface area (Å²) in [7, 11) is 0. The first-order chi connectivity index (χ1) is 58.6. The summed E-state index contributed by atoms with van der Waals surface area (Å²) in [5.74, 6) is 0. The van der Waals surface area contributed by atoms with Gasteiger partial charge in [0.05, 0.1) is 49.9 Å². The molecule has 0 bridgehead atoms. The van der Waals surface area contributed by atoms with Gasteiger partial charge >= 0.3 is 0 Å². The van der Waals surface area contributed by atoms with E-state index in [1.165, 1.54) is 208 Å². The molecule has 0 unspecified atom stereocenters. The predicted molar refractivity (Wildman–Crippen MR) is 499 cm³/mol. The predicted octanol–water partition coefficient (Wildman–Crippen LogP) is 24.6. The molecule has 18 aromatic carbocycles. The van der Waals surface area contributed by atoms with Crippen molar-refractivity contribution in [3.63, 3.8) is 0 Å². The SMILES string of the molecule is c1ccc(N2c3cccc4c3B(c3ccc5c(c32)c2cccc3c6ccccc6n5c32)c2c(ccc3c2-c2ccccc2C3(c2ccccc2)c2ccccc2)N4c2ccc(-c3ccc(N4c5cccc6c5B(c5ccc7c8cccc9c%10ccccc%10n(c7c5N6c5ccccc5)c98)c5c4ccc4c5sc5ccccc54)cc3)cc2)cc1. The molecule has 0 saturated heterocycles. The average Bonchev–Trinajstić information content (AvgIpc) is 1.36. The monoisotopic (exact) mass is 1510 g/mol. The zero-order valence-corrected chi connectivity index (χ0v) is 64.5. The third-order valence-electron chi connectivity index (χ3n) is 27.4. The summed E-state index contributed by atoms with van der Waals surface area (Å²) in [5.41, 5.74) is 38.7. The van der Waals surface area contributed by atoms with E-state index in [4.69, 9.17) is 0 Å². The van der Waals surface area contributed by atoms with Crippen LogP contribution in [0.15, 0.2) is 388 Å². The van der Waals surface area contributed by atoms with Crippen molar-refractivity contribution in [2.24, 2.45) is 0 Å². The summed E-state index contributed by atoms with van der Waals surface area (Å²) in [6.45, 7) is -0.274. The van der Waals surface area contributed by atoms with E-state index in [2.05, 4.69) is 417 Å². The number of anilines is 12. The zero-order valence-electron chi connectivity index (χ0n) is 63.7. The second-order valence-corrected chi connectivity index (χ2v) is 33.8. The quantitative estimate of drug-likeness (QED) is 0.148. The number of hydrogen-bond acceptors (Lipinski definition) is 5. The van der Waals surface area contributed by atoms with Gasteiger partial charge in [-0.25, -0.2) is 0 Å². The highest BCUT2D eigenvalue weighted by molar-refractivity contribution is 7.28. The Labute approximate surface area is 683 Å². The lowest BCUT2D eigenvalue weighted by Gasteiger charge is -2.45. The summed E-state index contributed by atoms with van der Waals surface area (Å²) in [5, 5.41) is 12.8. The number of rotatable bonds is 7. The van der Waals surface area contributed by atoms with Crippen molar-refractivity contribution in [2.45, 2.75) is 5.41 Å². The van der Waals surface area contributed by atoms with Gasteiger partial charge in [-0.15, -0.1) is 11.3 Å². The Morgan fingerprint density at radius 2 is 0.678 bits per heavy atom. The number of aromatic nitrogens is 2. The van der Waals surface area contributed by atoms with Gasteiger partial charge in [-0.3, -0.25) is 0 Å². The molecular weight excluding hydrogens is 1450 g/mol. The summed E-state index contributed by atoms with van der Waals surface area (Å²) < 4.78 is 7.77. The van der Waals surface area contributed by atoms with E-state index in [-0.39, 0.29) is 13.4 Å². The first kappa shape index (κ1) is 63.5. The van der Waals surface area contributed by atoms with Crippen molar-refractivity contribution in [2.75, 3.05) is 19.6 Å². The minimum atomic E-state index is -0.625. The number of nitrogens with zero attached hydrogens (tertiary/aromatic N) is 6. The maximum Gasteiger partial charge on any atom is 0.254 e. The molecule has 28 rings (SSSR count). The molecule has 23 aromatic rings. The molecule has 0 radical (unpaired) electrons. The third kappa shape index (κ3) is 7.95. The number of para-hydroxylation sites is 6. The second kappa shape index (κ2) is 23.2. The van der Waals surface area contributed by atoms with E-state index < -0.39 is 5.41 Å². The van der Waals surface area contributed by atoms with Crippen LogP contribution in [0.2, 0.25) is 0 Å².